The number of imidazole rings is 1. The van der Waals surface area contributed by atoms with Gasteiger partial charge >= 0.3 is 0 Å². The fourth-order valence-electron chi connectivity index (χ4n) is 4.46. The average Bonchev–Trinajstić information content (AvgIpc) is 3.45. The van der Waals surface area contributed by atoms with E-state index in [4.69, 9.17) is 4.74 Å². The number of amides is 1. The zero-order valence-corrected chi connectivity index (χ0v) is 23.2. The number of nitrogens with one attached hydrogen (secondary N) is 1. The van der Waals surface area contributed by atoms with Gasteiger partial charge in [-0.3, -0.25) is 4.79 Å². The third-order valence-corrected chi connectivity index (χ3v) is 6.39. The second-order valence-corrected chi connectivity index (χ2v) is 11.4. The van der Waals surface area contributed by atoms with Gasteiger partial charge in [0.1, 0.15) is 17.3 Å². The Morgan fingerprint density at radius 1 is 1.00 bits per heavy atom. The van der Waals surface area contributed by atoms with E-state index < -0.39 is 0 Å². The van der Waals surface area contributed by atoms with E-state index in [-0.39, 0.29) is 16.9 Å². The number of methoxy groups -OCH3 is 1. The third-order valence-electron chi connectivity index (χ3n) is 6.39. The molecule has 0 saturated heterocycles. The highest BCUT2D eigenvalue weighted by atomic mass is 16.5. The van der Waals surface area contributed by atoms with E-state index in [0.717, 1.165) is 34.0 Å². The molecule has 4 aromatic rings. The molecule has 0 radical (unpaired) electrons. The predicted octanol–water partition coefficient (Wildman–Crippen LogP) is 6.06. The standard InChI is InChI=1S/C29H36N6O2/c1-18-10-12-21(31-27(36)22-14-20(28(3,4)5)11-13-26(22)37-9)15-24(18)34-17-23(32-33-34)25-16-30-19(2)35(25)29(6,7)8/h10-17H,1-9H3,(H,31,36). The molecular formula is C29H36N6O2. The van der Waals surface area contributed by atoms with Crippen molar-refractivity contribution in [2.75, 3.05) is 12.4 Å². The van der Waals surface area contributed by atoms with Crippen LogP contribution in [0.2, 0.25) is 0 Å². The van der Waals surface area contributed by atoms with E-state index >= 15 is 0 Å². The molecule has 1 N–H and O–H groups in total. The Hall–Kier alpha value is -3.94. The molecule has 4 rings (SSSR count). The lowest BCUT2D eigenvalue weighted by Crippen LogP contribution is -2.24. The molecule has 8 heteroatoms. The lowest BCUT2D eigenvalue weighted by Gasteiger charge is -2.24. The van der Waals surface area contributed by atoms with E-state index in [1.807, 2.05) is 62.6 Å². The first-order chi connectivity index (χ1) is 17.3. The summed E-state index contributed by atoms with van der Waals surface area (Å²) in [6, 6.07) is 11.5. The van der Waals surface area contributed by atoms with Crippen LogP contribution in [0, 0.1) is 13.8 Å². The van der Waals surface area contributed by atoms with Crippen LogP contribution in [-0.4, -0.2) is 37.6 Å². The maximum atomic E-state index is 13.3. The maximum Gasteiger partial charge on any atom is 0.259 e. The number of hydrogen-bond donors (Lipinski definition) is 1. The Morgan fingerprint density at radius 2 is 1.73 bits per heavy atom. The summed E-state index contributed by atoms with van der Waals surface area (Å²) in [6.45, 7) is 16.7. The van der Waals surface area contributed by atoms with Crippen molar-refractivity contribution >= 4 is 11.6 Å². The van der Waals surface area contributed by atoms with Crippen molar-refractivity contribution in [2.45, 2.75) is 66.3 Å². The van der Waals surface area contributed by atoms with Gasteiger partial charge in [-0.2, -0.15) is 0 Å². The molecule has 0 atom stereocenters. The molecule has 1 amide bonds. The molecular weight excluding hydrogens is 464 g/mol. The van der Waals surface area contributed by atoms with Gasteiger partial charge in [0.15, 0.2) is 0 Å². The minimum atomic E-state index is -0.235. The maximum absolute atomic E-state index is 13.3. The molecule has 0 aliphatic rings. The molecule has 2 heterocycles. The highest BCUT2D eigenvalue weighted by Crippen LogP contribution is 2.30. The zero-order chi connectivity index (χ0) is 27.1. The summed E-state index contributed by atoms with van der Waals surface area (Å²) in [5.74, 6) is 1.22. The predicted molar refractivity (Wildman–Crippen MR) is 147 cm³/mol. The first-order valence-electron chi connectivity index (χ1n) is 12.4. The van der Waals surface area contributed by atoms with Gasteiger partial charge in [0.05, 0.1) is 36.4 Å². The minimum Gasteiger partial charge on any atom is -0.496 e. The number of ether oxygens (including phenoxy) is 1. The molecule has 0 unspecified atom stereocenters. The first kappa shape index (κ1) is 26.1. The Balaban J connectivity index is 1.66. The Morgan fingerprint density at radius 3 is 2.38 bits per heavy atom. The van der Waals surface area contributed by atoms with Crippen molar-refractivity contribution in [3.8, 4) is 22.8 Å². The Labute approximate surface area is 218 Å². The number of aryl methyl sites for hydroxylation is 2. The molecule has 0 saturated carbocycles. The molecule has 0 aliphatic carbocycles. The van der Waals surface area contributed by atoms with Gasteiger partial charge in [0.2, 0.25) is 0 Å². The second kappa shape index (κ2) is 9.50. The monoisotopic (exact) mass is 500 g/mol. The van der Waals surface area contributed by atoms with Crippen LogP contribution in [0.15, 0.2) is 48.8 Å². The van der Waals surface area contributed by atoms with Crippen molar-refractivity contribution < 1.29 is 9.53 Å². The number of aromatic nitrogens is 5. The van der Waals surface area contributed by atoms with E-state index in [9.17, 15) is 4.79 Å². The summed E-state index contributed by atoms with van der Waals surface area (Å²) in [5, 5.41) is 11.9. The molecule has 2 aromatic heterocycles. The zero-order valence-electron chi connectivity index (χ0n) is 23.2. The van der Waals surface area contributed by atoms with Crippen LogP contribution in [0.5, 0.6) is 5.75 Å². The number of carbonyl (C=O) groups excluding carboxylic acids is 1. The number of carbonyl (C=O) groups is 1. The van der Waals surface area contributed by atoms with Gasteiger partial charge < -0.3 is 14.6 Å². The van der Waals surface area contributed by atoms with E-state index in [1.54, 1.807) is 11.8 Å². The number of benzene rings is 2. The highest BCUT2D eigenvalue weighted by Gasteiger charge is 2.23. The first-order valence-corrected chi connectivity index (χ1v) is 12.4. The number of anilines is 1. The van der Waals surface area contributed by atoms with Crippen LogP contribution in [0.4, 0.5) is 5.69 Å². The van der Waals surface area contributed by atoms with Crippen molar-refractivity contribution in [2.24, 2.45) is 0 Å². The molecule has 8 nitrogen and oxygen atoms in total. The average molecular weight is 501 g/mol. The lowest BCUT2D eigenvalue weighted by molar-refractivity contribution is 0.102. The molecule has 0 fully saturated rings. The topological polar surface area (TPSA) is 86.9 Å². The molecule has 0 aliphatic heterocycles. The lowest BCUT2D eigenvalue weighted by atomic mass is 9.86. The van der Waals surface area contributed by atoms with Gasteiger partial charge in [-0.1, -0.05) is 38.1 Å². The van der Waals surface area contributed by atoms with Crippen LogP contribution in [0.3, 0.4) is 0 Å². The second-order valence-electron chi connectivity index (χ2n) is 11.4. The van der Waals surface area contributed by atoms with Crippen LogP contribution in [0.1, 0.15) is 68.9 Å². The summed E-state index contributed by atoms with van der Waals surface area (Å²) in [7, 11) is 1.57. The summed E-state index contributed by atoms with van der Waals surface area (Å²) in [4.78, 5) is 17.8. The van der Waals surface area contributed by atoms with Crippen LogP contribution in [-0.2, 0) is 11.0 Å². The SMILES string of the molecule is COc1ccc(C(C)(C)C)cc1C(=O)Nc1ccc(C)c(-n2cc(-c3cnc(C)n3C(C)(C)C)nn2)c1. The fourth-order valence-corrected chi connectivity index (χ4v) is 4.46. The Kier molecular flexibility index (Phi) is 6.71. The van der Waals surface area contributed by atoms with Crippen molar-refractivity contribution in [3.05, 3.63) is 71.3 Å². The van der Waals surface area contributed by atoms with Gasteiger partial charge in [0, 0.05) is 11.2 Å². The van der Waals surface area contributed by atoms with Crippen molar-refractivity contribution in [1.29, 1.82) is 0 Å². The van der Waals surface area contributed by atoms with E-state index in [1.165, 1.54) is 0 Å². The molecule has 0 spiro atoms. The van der Waals surface area contributed by atoms with Crippen LogP contribution < -0.4 is 10.1 Å². The Bertz CT molecular complexity index is 1450. The largest absolute Gasteiger partial charge is 0.496 e. The van der Waals surface area contributed by atoms with Crippen LogP contribution >= 0.6 is 0 Å². The van der Waals surface area contributed by atoms with E-state index in [0.29, 0.717) is 17.0 Å². The smallest absolute Gasteiger partial charge is 0.259 e. The number of nitrogens with zero attached hydrogens (tertiary/aromatic N) is 5. The van der Waals surface area contributed by atoms with Gasteiger partial charge in [-0.25, -0.2) is 9.67 Å². The molecule has 0 bridgehead atoms. The van der Waals surface area contributed by atoms with Gasteiger partial charge in [-0.05, 0) is 75.4 Å². The van der Waals surface area contributed by atoms with Gasteiger partial charge in [0.25, 0.3) is 5.91 Å². The number of rotatable bonds is 5. The van der Waals surface area contributed by atoms with Crippen molar-refractivity contribution in [3.63, 3.8) is 0 Å². The molecule has 37 heavy (non-hydrogen) atoms. The molecule has 194 valence electrons. The molecule has 2 aromatic carbocycles. The summed E-state index contributed by atoms with van der Waals surface area (Å²) in [6.07, 6.45) is 3.72. The van der Waals surface area contributed by atoms with Crippen molar-refractivity contribution in [1.82, 2.24) is 24.5 Å². The van der Waals surface area contributed by atoms with Gasteiger partial charge in [-0.15, -0.1) is 5.10 Å². The fraction of sp³-hybridized carbons (Fsp3) is 0.379. The quantitative estimate of drug-likeness (QED) is 0.360. The normalized spacial score (nSPS) is 12.0. The third kappa shape index (κ3) is 5.28. The van der Waals surface area contributed by atoms with Crippen LogP contribution in [0.25, 0.3) is 17.1 Å². The summed E-state index contributed by atoms with van der Waals surface area (Å²) in [5.41, 5.74) is 5.43. The summed E-state index contributed by atoms with van der Waals surface area (Å²) >= 11 is 0. The highest BCUT2D eigenvalue weighted by molar-refractivity contribution is 6.06. The van der Waals surface area contributed by atoms with E-state index in [2.05, 4.69) is 66.7 Å². The summed E-state index contributed by atoms with van der Waals surface area (Å²) < 4.78 is 9.36. The minimum absolute atomic E-state index is 0.0932. The number of hydrogen-bond acceptors (Lipinski definition) is 5.